The minimum atomic E-state index is -0.145. The molecule has 1 atom stereocenters. The van der Waals surface area contributed by atoms with Gasteiger partial charge >= 0.3 is 0 Å². The molecule has 2 aromatic rings. The molecule has 0 radical (unpaired) electrons. The predicted molar refractivity (Wildman–Crippen MR) is 72.6 cm³/mol. The Morgan fingerprint density at radius 3 is 2.56 bits per heavy atom. The molecule has 1 heterocycles. The zero-order valence-electron chi connectivity index (χ0n) is 10.8. The summed E-state index contributed by atoms with van der Waals surface area (Å²) in [6.07, 6.45) is 1.79. The van der Waals surface area contributed by atoms with Crippen molar-refractivity contribution in [1.29, 1.82) is 0 Å². The van der Waals surface area contributed by atoms with Crippen molar-refractivity contribution in [1.82, 2.24) is 4.98 Å². The molecule has 1 aromatic carbocycles. The van der Waals surface area contributed by atoms with Gasteiger partial charge in [0.1, 0.15) is 0 Å². The first-order valence-corrected chi connectivity index (χ1v) is 6.12. The quantitative estimate of drug-likeness (QED) is 0.896. The summed E-state index contributed by atoms with van der Waals surface area (Å²) in [7, 11) is 0. The molecule has 2 rings (SSSR count). The minimum Gasteiger partial charge on any atom is -0.478 e. The van der Waals surface area contributed by atoms with Gasteiger partial charge in [-0.1, -0.05) is 30.3 Å². The SMILES string of the molecule is CCOc1ncc([C@H](N)c2ccccc2)cc1C. The molecule has 2 N–H and O–H groups in total. The fraction of sp³-hybridized carbons (Fsp3) is 0.267. The standard InChI is InChI=1S/C15H18N2O/c1-3-18-15-11(2)9-13(10-17-15)14(16)12-7-5-4-6-8-12/h4-10,14H,3,16H2,1-2H3/t14-/m1/s1. The van der Waals surface area contributed by atoms with Crippen molar-refractivity contribution in [2.45, 2.75) is 19.9 Å². The Bertz CT molecular complexity index is 511. The molecule has 1 aromatic heterocycles. The number of hydrogen-bond acceptors (Lipinski definition) is 3. The summed E-state index contributed by atoms with van der Waals surface area (Å²) in [6, 6.07) is 11.9. The highest BCUT2D eigenvalue weighted by molar-refractivity contribution is 5.35. The van der Waals surface area contributed by atoms with Gasteiger partial charge in [-0.25, -0.2) is 4.98 Å². The smallest absolute Gasteiger partial charge is 0.216 e. The van der Waals surface area contributed by atoms with Gasteiger partial charge in [0, 0.05) is 11.8 Å². The van der Waals surface area contributed by atoms with E-state index in [0.717, 1.165) is 16.7 Å². The number of benzene rings is 1. The van der Waals surface area contributed by atoms with Crippen molar-refractivity contribution < 1.29 is 4.74 Å². The van der Waals surface area contributed by atoms with Crippen LogP contribution in [0.25, 0.3) is 0 Å². The van der Waals surface area contributed by atoms with Crippen LogP contribution in [0.1, 0.15) is 29.7 Å². The first kappa shape index (κ1) is 12.6. The summed E-state index contributed by atoms with van der Waals surface area (Å²) in [4.78, 5) is 4.31. The molecule has 94 valence electrons. The Morgan fingerprint density at radius 1 is 1.22 bits per heavy atom. The van der Waals surface area contributed by atoms with E-state index in [4.69, 9.17) is 10.5 Å². The van der Waals surface area contributed by atoms with Crippen molar-refractivity contribution >= 4 is 0 Å². The zero-order chi connectivity index (χ0) is 13.0. The summed E-state index contributed by atoms with van der Waals surface area (Å²) in [5.41, 5.74) is 9.33. The minimum absolute atomic E-state index is 0.145. The van der Waals surface area contributed by atoms with Gasteiger partial charge in [0.25, 0.3) is 0 Å². The van der Waals surface area contributed by atoms with Gasteiger partial charge < -0.3 is 10.5 Å². The second-order valence-electron chi connectivity index (χ2n) is 4.21. The molecular weight excluding hydrogens is 224 g/mol. The summed E-state index contributed by atoms with van der Waals surface area (Å²) in [6.45, 7) is 4.56. The van der Waals surface area contributed by atoms with Crippen molar-refractivity contribution in [2.24, 2.45) is 5.73 Å². The Kier molecular flexibility index (Phi) is 3.95. The monoisotopic (exact) mass is 242 g/mol. The van der Waals surface area contributed by atoms with Gasteiger partial charge in [-0.2, -0.15) is 0 Å². The van der Waals surface area contributed by atoms with E-state index in [1.165, 1.54) is 0 Å². The van der Waals surface area contributed by atoms with Crippen LogP contribution in [0.2, 0.25) is 0 Å². The van der Waals surface area contributed by atoms with Gasteiger partial charge in [0.2, 0.25) is 5.88 Å². The van der Waals surface area contributed by atoms with Crippen LogP contribution in [0.15, 0.2) is 42.6 Å². The number of hydrogen-bond donors (Lipinski definition) is 1. The van der Waals surface area contributed by atoms with E-state index in [9.17, 15) is 0 Å². The third-order valence-corrected chi connectivity index (χ3v) is 2.85. The number of pyridine rings is 1. The number of aryl methyl sites for hydroxylation is 1. The van der Waals surface area contributed by atoms with Crippen LogP contribution in [-0.2, 0) is 0 Å². The Labute approximate surface area is 108 Å². The molecule has 3 heteroatoms. The average molecular weight is 242 g/mol. The molecule has 0 fully saturated rings. The average Bonchev–Trinajstić information content (AvgIpc) is 2.41. The van der Waals surface area contributed by atoms with Gasteiger partial charge in [-0.15, -0.1) is 0 Å². The fourth-order valence-corrected chi connectivity index (χ4v) is 1.89. The molecule has 0 saturated heterocycles. The van der Waals surface area contributed by atoms with E-state index in [1.54, 1.807) is 6.20 Å². The van der Waals surface area contributed by atoms with Crippen LogP contribution in [-0.4, -0.2) is 11.6 Å². The molecule has 0 aliphatic rings. The Morgan fingerprint density at radius 2 is 1.94 bits per heavy atom. The Hall–Kier alpha value is -1.87. The second kappa shape index (κ2) is 5.65. The Balaban J connectivity index is 2.26. The first-order chi connectivity index (χ1) is 8.72. The summed E-state index contributed by atoms with van der Waals surface area (Å²) in [5, 5.41) is 0. The molecule has 0 saturated carbocycles. The zero-order valence-corrected chi connectivity index (χ0v) is 10.8. The van der Waals surface area contributed by atoms with Gasteiger partial charge in [-0.05, 0) is 31.0 Å². The molecule has 0 bridgehead atoms. The maximum atomic E-state index is 6.23. The lowest BCUT2D eigenvalue weighted by Gasteiger charge is -2.14. The lowest BCUT2D eigenvalue weighted by molar-refractivity contribution is 0.324. The van der Waals surface area contributed by atoms with E-state index in [-0.39, 0.29) is 6.04 Å². The number of nitrogens with zero attached hydrogens (tertiary/aromatic N) is 1. The lowest BCUT2D eigenvalue weighted by Crippen LogP contribution is -2.12. The molecule has 0 aliphatic carbocycles. The first-order valence-electron chi connectivity index (χ1n) is 6.12. The predicted octanol–water partition coefficient (Wildman–Crippen LogP) is 2.84. The third kappa shape index (κ3) is 2.68. The topological polar surface area (TPSA) is 48.1 Å². The molecule has 0 amide bonds. The normalized spacial score (nSPS) is 12.2. The maximum absolute atomic E-state index is 6.23. The summed E-state index contributed by atoms with van der Waals surface area (Å²) in [5.74, 6) is 0.682. The van der Waals surface area contributed by atoms with E-state index in [0.29, 0.717) is 12.5 Å². The lowest BCUT2D eigenvalue weighted by atomic mass is 10.0. The highest BCUT2D eigenvalue weighted by Crippen LogP contribution is 2.23. The second-order valence-corrected chi connectivity index (χ2v) is 4.21. The molecular formula is C15H18N2O. The van der Waals surface area contributed by atoms with E-state index in [2.05, 4.69) is 4.98 Å². The highest BCUT2D eigenvalue weighted by Gasteiger charge is 2.11. The van der Waals surface area contributed by atoms with Crippen LogP contribution in [0, 0.1) is 6.92 Å². The van der Waals surface area contributed by atoms with Crippen molar-refractivity contribution in [3.63, 3.8) is 0 Å². The number of aromatic nitrogens is 1. The van der Waals surface area contributed by atoms with E-state index < -0.39 is 0 Å². The molecule has 18 heavy (non-hydrogen) atoms. The van der Waals surface area contributed by atoms with Gasteiger partial charge in [0.05, 0.1) is 12.6 Å². The number of rotatable bonds is 4. The summed E-state index contributed by atoms with van der Waals surface area (Å²) >= 11 is 0. The summed E-state index contributed by atoms with van der Waals surface area (Å²) < 4.78 is 5.43. The van der Waals surface area contributed by atoms with Crippen molar-refractivity contribution in [2.75, 3.05) is 6.61 Å². The highest BCUT2D eigenvalue weighted by atomic mass is 16.5. The van der Waals surface area contributed by atoms with Crippen LogP contribution < -0.4 is 10.5 Å². The maximum Gasteiger partial charge on any atom is 0.216 e. The number of nitrogens with two attached hydrogens (primary N) is 1. The molecule has 3 nitrogen and oxygen atoms in total. The van der Waals surface area contributed by atoms with Crippen molar-refractivity contribution in [3.8, 4) is 5.88 Å². The molecule has 0 aliphatic heterocycles. The van der Waals surface area contributed by atoms with Crippen LogP contribution in [0.3, 0.4) is 0 Å². The van der Waals surface area contributed by atoms with E-state index >= 15 is 0 Å². The fourth-order valence-electron chi connectivity index (χ4n) is 1.89. The van der Waals surface area contributed by atoms with E-state index in [1.807, 2.05) is 50.2 Å². The van der Waals surface area contributed by atoms with Gasteiger partial charge in [0.15, 0.2) is 0 Å². The largest absolute Gasteiger partial charge is 0.478 e. The number of ether oxygens (including phenoxy) is 1. The molecule has 0 spiro atoms. The van der Waals surface area contributed by atoms with Crippen molar-refractivity contribution in [3.05, 3.63) is 59.3 Å². The van der Waals surface area contributed by atoms with Gasteiger partial charge in [-0.3, -0.25) is 0 Å². The van der Waals surface area contributed by atoms with Crippen LogP contribution >= 0.6 is 0 Å². The van der Waals surface area contributed by atoms with Crippen LogP contribution in [0.4, 0.5) is 0 Å². The molecule has 0 unspecified atom stereocenters. The third-order valence-electron chi connectivity index (χ3n) is 2.85. The van der Waals surface area contributed by atoms with Crippen LogP contribution in [0.5, 0.6) is 5.88 Å².